The Bertz CT molecular complexity index is 276. The monoisotopic (exact) mass is 227 g/mol. The van der Waals surface area contributed by atoms with E-state index in [4.69, 9.17) is 0 Å². The van der Waals surface area contributed by atoms with E-state index in [2.05, 4.69) is 17.6 Å². The zero-order valence-electron chi connectivity index (χ0n) is 10.3. The van der Waals surface area contributed by atoms with E-state index in [1.807, 2.05) is 0 Å². The van der Waals surface area contributed by atoms with E-state index in [1.54, 1.807) is 13.8 Å². The Kier molecular flexibility index (Phi) is 4.29. The molecule has 0 aromatic heterocycles. The first-order chi connectivity index (χ1) is 7.49. The fourth-order valence-corrected chi connectivity index (χ4v) is 1.68. The van der Waals surface area contributed by atoms with Crippen LogP contribution < -0.4 is 10.6 Å². The molecule has 0 aromatic rings. The third-order valence-corrected chi connectivity index (χ3v) is 2.61. The number of urea groups is 1. The van der Waals surface area contributed by atoms with Crippen molar-refractivity contribution < 1.29 is 9.59 Å². The normalized spacial score (nSPS) is 19.1. The highest BCUT2D eigenvalue weighted by Gasteiger charge is 2.43. The van der Waals surface area contributed by atoms with Crippen LogP contribution in [0, 0.1) is 0 Å². The molecule has 1 saturated heterocycles. The molecular formula is C11H21N3O2. The van der Waals surface area contributed by atoms with Crippen molar-refractivity contribution >= 4 is 11.9 Å². The number of hydrogen-bond acceptors (Lipinski definition) is 3. The second-order valence-corrected chi connectivity index (χ2v) is 4.62. The summed E-state index contributed by atoms with van der Waals surface area (Å²) in [5.41, 5.74) is -0.742. The number of amides is 3. The highest BCUT2D eigenvalue weighted by Crippen LogP contribution is 2.16. The van der Waals surface area contributed by atoms with Gasteiger partial charge in [-0.25, -0.2) is 4.79 Å². The number of hydrogen-bond donors (Lipinski definition) is 2. The molecule has 0 radical (unpaired) electrons. The Morgan fingerprint density at radius 2 is 2.00 bits per heavy atom. The van der Waals surface area contributed by atoms with Crippen LogP contribution in [0.5, 0.6) is 0 Å². The van der Waals surface area contributed by atoms with Crippen molar-refractivity contribution in [1.82, 2.24) is 15.5 Å². The molecule has 2 N–H and O–H groups in total. The lowest BCUT2D eigenvalue weighted by Gasteiger charge is -2.15. The maximum atomic E-state index is 11.8. The third kappa shape index (κ3) is 2.95. The van der Waals surface area contributed by atoms with Crippen molar-refractivity contribution in [3.8, 4) is 0 Å². The average molecular weight is 227 g/mol. The molecule has 1 aliphatic rings. The van der Waals surface area contributed by atoms with Crippen LogP contribution in [0.3, 0.4) is 0 Å². The lowest BCUT2D eigenvalue weighted by Crippen LogP contribution is -2.40. The zero-order chi connectivity index (χ0) is 12.2. The Balaban J connectivity index is 2.32. The van der Waals surface area contributed by atoms with Gasteiger partial charge in [0.05, 0.1) is 0 Å². The van der Waals surface area contributed by atoms with Crippen LogP contribution >= 0.6 is 0 Å². The highest BCUT2D eigenvalue weighted by atomic mass is 16.2. The van der Waals surface area contributed by atoms with Gasteiger partial charge in [0.15, 0.2) is 0 Å². The fourth-order valence-electron chi connectivity index (χ4n) is 1.68. The Labute approximate surface area is 96.6 Å². The van der Waals surface area contributed by atoms with E-state index in [-0.39, 0.29) is 11.9 Å². The summed E-state index contributed by atoms with van der Waals surface area (Å²) in [4.78, 5) is 24.6. The van der Waals surface area contributed by atoms with Crippen molar-refractivity contribution in [2.24, 2.45) is 0 Å². The third-order valence-electron chi connectivity index (χ3n) is 2.61. The van der Waals surface area contributed by atoms with Crippen LogP contribution in [0.15, 0.2) is 0 Å². The van der Waals surface area contributed by atoms with Crippen molar-refractivity contribution in [1.29, 1.82) is 0 Å². The molecule has 5 nitrogen and oxygen atoms in total. The second kappa shape index (κ2) is 5.30. The molecule has 0 aromatic carbocycles. The van der Waals surface area contributed by atoms with E-state index in [1.165, 1.54) is 4.90 Å². The summed E-state index contributed by atoms with van der Waals surface area (Å²) in [6, 6.07) is -0.273. The highest BCUT2D eigenvalue weighted by molar-refractivity contribution is 6.06. The van der Waals surface area contributed by atoms with Gasteiger partial charge in [0.2, 0.25) is 0 Å². The molecule has 3 amide bonds. The summed E-state index contributed by atoms with van der Waals surface area (Å²) in [5, 5.41) is 5.90. The summed E-state index contributed by atoms with van der Waals surface area (Å²) in [5.74, 6) is -0.131. The maximum absolute atomic E-state index is 11.8. The summed E-state index contributed by atoms with van der Waals surface area (Å²) in [6.45, 7) is 7.86. The van der Waals surface area contributed by atoms with Crippen LogP contribution in [-0.2, 0) is 4.79 Å². The molecule has 0 unspecified atom stereocenters. The Morgan fingerprint density at radius 1 is 1.31 bits per heavy atom. The van der Waals surface area contributed by atoms with Gasteiger partial charge < -0.3 is 10.6 Å². The number of nitrogens with one attached hydrogen (secondary N) is 2. The molecule has 1 aliphatic heterocycles. The van der Waals surface area contributed by atoms with Crippen molar-refractivity contribution in [2.75, 3.05) is 19.6 Å². The molecule has 1 heterocycles. The molecule has 1 fully saturated rings. The molecule has 1 rings (SSSR count). The topological polar surface area (TPSA) is 61.4 Å². The molecule has 0 atom stereocenters. The zero-order valence-corrected chi connectivity index (χ0v) is 10.3. The van der Waals surface area contributed by atoms with Crippen LogP contribution in [0.1, 0.15) is 33.6 Å². The minimum Gasteiger partial charge on any atom is -0.324 e. The molecule has 0 bridgehead atoms. The van der Waals surface area contributed by atoms with E-state index in [0.717, 1.165) is 25.9 Å². The van der Waals surface area contributed by atoms with Crippen LogP contribution in [0.2, 0.25) is 0 Å². The second-order valence-electron chi connectivity index (χ2n) is 4.62. The van der Waals surface area contributed by atoms with Crippen molar-refractivity contribution in [3.63, 3.8) is 0 Å². The first kappa shape index (κ1) is 13.0. The van der Waals surface area contributed by atoms with Gasteiger partial charge in [-0.1, -0.05) is 6.92 Å². The number of nitrogens with zero attached hydrogens (tertiary/aromatic N) is 1. The largest absolute Gasteiger partial charge is 0.325 e. The molecule has 5 heteroatoms. The molecule has 0 aliphatic carbocycles. The lowest BCUT2D eigenvalue weighted by atomic mass is 10.1. The van der Waals surface area contributed by atoms with Gasteiger partial charge in [-0.2, -0.15) is 0 Å². The van der Waals surface area contributed by atoms with Gasteiger partial charge in [0.1, 0.15) is 5.54 Å². The summed E-state index contributed by atoms with van der Waals surface area (Å²) < 4.78 is 0. The molecule has 92 valence electrons. The SMILES string of the molecule is CCCNCCCN1C(=O)NC(C)(C)C1=O. The first-order valence-corrected chi connectivity index (χ1v) is 5.84. The van der Waals surface area contributed by atoms with Gasteiger partial charge in [0, 0.05) is 6.54 Å². The van der Waals surface area contributed by atoms with Crippen LogP contribution in [0.4, 0.5) is 4.79 Å². The van der Waals surface area contributed by atoms with E-state index >= 15 is 0 Å². The molecule has 0 saturated carbocycles. The summed E-state index contributed by atoms with van der Waals surface area (Å²) in [7, 11) is 0. The Hall–Kier alpha value is -1.10. The predicted octanol–water partition coefficient (Wildman–Crippen LogP) is 0.706. The number of carbonyl (C=O) groups excluding carboxylic acids is 2. The van der Waals surface area contributed by atoms with E-state index < -0.39 is 5.54 Å². The number of carbonyl (C=O) groups is 2. The van der Waals surface area contributed by atoms with E-state index in [0.29, 0.717) is 6.54 Å². The first-order valence-electron chi connectivity index (χ1n) is 5.84. The Morgan fingerprint density at radius 3 is 2.50 bits per heavy atom. The van der Waals surface area contributed by atoms with E-state index in [9.17, 15) is 9.59 Å². The minimum atomic E-state index is -0.742. The summed E-state index contributed by atoms with van der Waals surface area (Å²) >= 11 is 0. The quantitative estimate of drug-likeness (QED) is 0.519. The summed E-state index contributed by atoms with van der Waals surface area (Å²) in [6.07, 6.45) is 1.89. The van der Waals surface area contributed by atoms with Crippen LogP contribution in [-0.4, -0.2) is 42.0 Å². The lowest BCUT2D eigenvalue weighted by molar-refractivity contribution is -0.130. The standard InChI is InChI=1S/C11H21N3O2/c1-4-6-12-7-5-8-14-9(15)11(2,3)13-10(14)16/h12H,4-8H2,1-3H3,(H,13,16). The number of rotatable bonds is 6. The van der Waals surface area contributed by atoms with Gasteiger partial charge in [-0.05, 0) is 39.8 Å². The van der Waals surface area contributed by atoms with Gasteiger partial charge in [-0.15, -0.1) is 0 Å². The van der Waals surface area contributed by atoms with Gasteiger partial charge >= 0.3 is 6.03 Å². The smallest absolute Gasteiger partial charge is 0.324 e. The fraction of sp³-hybridized carbons (Fsp3) is 0.818. The number of imide groups is 1. The predicted molar refractivity (Wildman–Crippen MR) is 62.1 cm³/mol. The van der Waals surface area contributed by atoms with Crippen LogP contribution in [0.25, 0.3) is 0 Å². The minimum absolute atomic E-state index is 0.131. The molecule has 16 heavy (non-hydrogen) atoms. The van der Waals surface area contributed by atoms with Gasteiger partial charge in [0.25, 0.3) is 5.91 Å². The maximum Gasteiger partial charge on any atom is 0.325 e. The molecular weight excluding hydrogens is 206 g/mol. The van der Waals surface area contributed by atoms with Crippen molar-refractivity contribution in [2.45, 2.75) is 39.2 Å². The van der Waals surface area contributed by atoms with Gasteiger partial charge in [-0.3, -0.25) is 9.69 Å². The average Bonchev–Trinajstić information content (AvgIpc) is 2.39. The molecule has 0 spiro atoms. The van der Waals surface area contributed by atoms with Crippen molar-refractivity contribution in [3.05, 3.63) is 0 Å².